The molecule has 5 aromatic rings. The number of hydrogen-bond donors (Lipinski definition) is 0. The van der Waals surface area contributed by atoms with Crippen molar-refractivity contribution in [1.29, 1.82) is 0 Å². The minimum Gasteiger partial charge on any atom is -0.497 e. The summed E-state index contributed by atoms with van der Waals surface area (Å²) in [5.41, 5.74) is 7.15. The van der Waals surface area contributed by atoms with E-state index in [1.165, 1.54) is 5.56 Å². The summed E-state index contributed by atoms with van der Waals surface area (Å²) in [7, 11) is 3.35. The minimum atomic E-state index is -0.0653. The van der Waals surface area contributed by atoms with Gasteiger partial charge in [0.05, 0.1) is 37.2 Å². The van der Waals surface area contributed by atoms with E-state index in [2.05, 4.69) is 49.4 Å². The van der Waals surface area contributed by atoms with Gasteiger partial charge in [0.15, 0.2) is 0 Å². The summed E-state index contributed by atoms with van der Waals surface area (Å²) < 4.78 is 10.8. The van der Waals surface area contributed by atoms with Crippen LogP contribution in [0, 0.1) is 6.92 Å². The third kappa shape index (κ3) is 4.45. The van der Waals surface area contributed by atoms with E-state index in [0.29, 0.717) is 12.4 Å². The molecule has 38 heavy (non-hydrogen) atoms. The molecule has 0 saturated carbocycles. The molecule has 0 unspecified atom stereocenters. The fourth-order valence-corrected chi connectivity index (χ4v) is 4.89. The van der Waals surface area contributed by atoms with E-state index in [9.17, 15) is 0 Å². The van der Waals surface area contributed by atoms with Gasteiger partial charge >= 0.3 is 0 Å². The molecule has 1 aromatic heterocycles. The Kier molecular flexibility index (Phi) is 6.22. The van der Waals surface area contributed by atoms with Crippen LogP contribution < -0.4 is 14.5 Å². The van der Waals surface area contributed by atoms with Gasteiger partial charge in [0.2, 0.25) is 5.95 Å². The highest BCUT2D eigenvalue weighted by molar-refractivity contribution is 6.03. The lowest BCUT2D eigenvalue weighted by atomic mass is 9.98. The molecule has 6 nitrogen and oxygen atoms in total. The molecule has 0 bridgehead atoms. The highest BCUT2D eigenvalue weighted by Crippen LogP contribution is 2.38. The quantitative estimate of drug-likeness (QED) is 0.252. The number of aromatic nitrogens is 2. The van der Waals surface area contributed by atoms with Crippen molar-refractivity contribution in [1.82, 2.24) is 9.97 Å². The van der Waals surface area contributed by atoms with Crippen LogP contribution in [-0.4, -0.2) is 29.9 Å². The molecule has 0 saturated heterocycles. The fraction of sp³-hybridized carbons (Fsp3) is 0.156. The average Bonchev–Trinajstić information content (AvgIpc) is 3.43. The van der Waals surface area contributed by atoms with Crippen molar-refractivity contribution in [3.8, 4) is 22.8 Å². The maximum Gasteiger partial charge on any atom is 0.247 e. The second-order valence-electron chi connectivity index (χ2n) is 9.37. The number of rotatable bonds is 6. The van der Waals surface area contributed by atoms with Gasteiger partial charge in [-0.2, -0.15) is 5.10 Å². The number of hydrazone groups is 1. The standard InChI is InChI=1S/C32H28N4O2/c1-21-9-18-28-27(19-21)31(24-7-5-4-6-8-24)34-32(33-28)36-30(23-12-16-26(38-3)17-13-23)20-29(35-36)22-10-14-25(37-2)15-11-22/h4-19,30H,20H2,1-3H3/t30-/m0/s1. The van der Waals surface area contributed by atoms with Crippen molar-refractivity contribution in [2.24, 2.45) is 5.10 Å². The number of hydrogen-bond acceptors (Lipinski definition) is 6. The van der Waals surface area contributed by atoms with Gasteiger partial charge in [-0.15, -0.1) is 0 Å². The zero-order chi connectivity index (χ0) is 26.1. The van der Waals surface area contributed by atoms with Crippen molar-refractivity contribution in [2.45, 2.75) is 19.4 Å². The first kappa shape index (κ1) is 23.7. The van der Waals surface area contributed by atoms with Crippen molar-refractivity contribution in [2.75, 3.05) is 19.2 Å². The molecule has 0 fully saturated rings. The second kappa shape index (κ2) is 9.98. The van der Waals surface area contributed by atoms with Crippen LogP contribution in [-0.2, 0) is 0 Å². The average molecular weight is 501 g/mol. The first-order valence-electron chi connectivity index (χ1n) is 12.6. The van der Waals surface area contributed by atoms with Crippen LogP contribution in [0.4, 0.5) is 5.95 Å². The highest BCUT2D eigenvalue weighted by atomic mass is 16.5. The van der Waals surface area contributed by atoms with Crippen LogP contribution in [0.5, 0.6) is 11.5 Å². The molecular weight excluding hydrogens is 472 g/mol. The number of aryl methyl sites for hydroxylation is 1. The Bertz CT molecular complexity index is 1610. The maximum absolute atomic E-state index is 5.40. The third-order valence-electron chi connectivity index (χ3n) is 6.93. The summed E-state index contributed by atoms with van der Waals surface area (Å²) in [6, 6.07) is 32.7. The number of anilines is 1. The lowest BCUT2D eigenvalue weighted by molar-refractivity contribution is 0.414. The van der Waals surface area contributed by atoms with Crippen LogP contribution in [0.15, 0.2) is 102 Å². The summed E-state index contributed by atoms with van der Waals surface area (Å²) >= 11 is 0. The van der Waals surface area contributed by atoms with Crippen LogP contribution in [0.25, 0.3) is 22.2 Å². The normalized spacial score (nSPS) is 15.0. The summed E-state index contributed by atoms with van der Waals surface area (Å²) in [6.07, 6.45) is 0.717. The molecule has 0 amide bonds. The molecule has 0 N–H and O–H groups in total. The first-order chi connectivity index (χ1) is 18.6. The number of fused-ring (bicyclic) bond motifs is 1. The number of benzene rings is 4. The Morgan fingerprint density at radius 2 is 1.42 bits per heavy atom. The largest absolute Gasteiger partial charge is 0.497 e. The topological polar surface area (TPSA) is 59.8 Å². The zero-order valence-corrected chi connectivity index (χ0v) is 21.6. The van der Waals surface area contributed by atoms with Gasteiger partial charge in [-0.05, 0) is 66.6 Å². The Balaban J connectivity index is 1.51. The molecular formula is C32H28N4O2. The van der Waals surface area contributed by atoms with E-state index < -0.39 is 0 Å². The highest BCUT2D eigenvalue weighted by Gasteiger charge is 2.32. The van der Waals surface area contributed by atoms with E-state index in [4.69, 9.17) is 24.5 Å². The van der Waals surface area contributed by atoms with Crippen LogP contribution in [0.3, 0.4) is 0 Å². The number of methoxy groups -OCH3 is 2. The van der Waals surface area contributed by atoms with E-state index in [-0.39, 0.29) is 6.04 Å². The second-order valence-corrected chi connectivity index (χ2v) is 9.37. The smallest absolute Gasteiger partial charge is 0.247 e. The van der Waals surface area contributed by atoms with Crippen molar-refractivity contribution in [3.63, 3.8) is 0 Å². The fourth-order valence-electron chi connectivity index (χ4n) is 4.89. The van der Waals surface area contributed by atoms with Crippen molar-refractivity contribution in [3.05, 3.63) is 114 Å². The van der Waals surface area contributed by atoms with E-state index in [0.717, 1.165) is 50.5 Å². The predicted octanol–water partition coefficient (Wildman–Crippen LogP) is 6.98. The summed E-state index contributed by atoms with van der Waals surface area (Å²) in [5, 5.41) is 8.09. The Morgan fingerprint density at radius 1 is 0.737 bits per heavy atom. The minimum absolute atomic E-state index is 0.0653. The monoisotopic (exact) mass is 500 g/mol. The third-order valence-corrected chi connectivity index (χ3v) is 6.93. The summed E-state index contributed by atoms with van der Waals surface area (Å²) in [5.74, 6) is 2.21. The maximum atomic E-state index is 5.40. The van der Waals surface area contributed by atoms with Gasteiger partial charge in [0.25, 0.3) is 0 Å². The first-order valence-corrected chi connectivity index (χ1v) is 12.6. The van der Waals surface area contributed by atoms with Crippen LogP contribution in [0.1, 0.15) is 29.2 Å². The van der Waals surface area contributed by atoms with Gasteiger partial charge in [0.1, 0.15) is 11.5 Å². The number of ether oxygens (including phenoxy) is 2. The molecule has 188 valence electrons. The molecule has 1 aliphatic rings. The van der Waals surface area contributed by atoms with Gasteiger partial charge in [-0.1, -0.05) is 54.1 Å². The lowest BCUT2D eigenvalue weighted by Gasteiger charge is -2.23. The zero-order valence-electron chi connectivity index (χ0n) is 21.6. The molecule has 6 heteroatoms. The molecule has 1 aliphatic heterocycles. The van der Waals surface area contributed by atoms with Gasteiger partial charge < -0.3 is 9.47 Å². The van der Waals surface area contributed by atoms with Crippen LogP contribution >= 0.6 is 0 Å². The van der Waals surface area contributed by atoms with E-state index in [1.54, 1.807) is 14.2 Å². The SMILES string of the molecule is COc1ccc(C2=NN(c3nc(-c4ccccc4)c4cc(C)ccc4n3)[C@H](c3ccc(OC)cc3)C2)cc1. The lowest BCUT2D eigenvalue weighted by Crippen LogP contribution is -2.21. The molecule has 6 rings (SSSR count). The predicted molar refractivity (Wildman–Crippen MR) is 152 cm³/mol. The van der Waals surface area contributed by atoms with Crippen molar-refractivity contribution < 1.29 is 9.47 Å². The molecule has 0 spiro atoms. The molecule has 0 radical (unpaired) electrons. The number of nitrogens with zero attached hydrogens (tertiary/aromatic N) is 4. The molecule has 2 heterocycles. The Morgan fingerprint density at radius 3 is 2.11 bits per heavy atom. The summed E-state index contributed by atoms with van der Waals surface area (Å²) in [4.78, 5) is 10.1. The van der Waals surface area contributed by atoms with Crippen LogP contribution in [0.2, 0.25) is 0 Å². The molecule has 1 atom stereocenters. The van der Waals surface area contributed by atoms with Gasteiger partial charge in [-0.3, -0.25) is 0 Å². The van der Waals surface area contributed by atoms with Crippen molar-refractivity contribution >= 4 is 22.6 Å². The van der Waals surface area contributed by atoms with E-state index >= 15 is 0 Å². The van der Waals surface area contributed by atoms with Gasteiger partial charge in [-0.25, -0.2) is 15.0 Å². The molecule has 4 aromatic carbocycles. The molecule has 0 aliphatic carbocycles. The van der Waals surface area contributed by atoms with Gasteiger partial charge in [0, 0.05) is 17.4 Å². The summed E-state index contributed by atoms with van der Waals surface area (Å²) in [6.45, 7) is 2.09. The Hall–Kier alpha value is -4.71. The van der Waals surface area contributed by atoms with E-state index in [1.807, 2.05) is 59.6 Å². The Labute approximate surface area is 222 Å².